The highest BCUT2D eigenvalue weighted by Gasteiger charge is 2.16. The first-order valence-corrected chi connectivity index (χ1v) is 6.73. The van der Waals surface area contributed by atoms with Gasteiger partial charge in [-0.15, -0.1) is 0 Å². The molecule has 0 atom stereocenters. The van der Waals surface area contributed by atoms with Gasteiger partial charge in [-0.2, -0.15) is 0 Å². The molecule has 1 aliphatic heterocycles. The van der Waals surface area contributed by atoms with Gasteiger partial charge in [0.05, 0.1) is 0 Å². The molecular weight excluding hydrogens is 242 g/mol. The maximum atomic E-state index is 6.03. The van der Waals surface area contributed by atoms with Crippen LogP contribution in [0.2, 0.25) is 5.02 Å². The molecule has 0 saturated carbocycles. The number of halogens is 1. The molecule has 0 bridgehead atoms. The summed E-state index contributed by atoms with van der Waals surface area (Å²) in [4.78, 5) is 2.49. The summed E-state index contributed by atoms with van der Waals surface area (Å²) >= 11 is 6.03. The molecule has 1 heterocycles. The van der Waals surface area contributed by atoms with Gasteiger partial charge in [-0.25, -0.2) is 0 Å². The van der Waals surface area contributed by atoms with E-state index in [2.05, 4.69) is 47.4 Å². The van der Waals surface area contributed by atoms with Crippen LogP contribution in [0.3, 0.4) is 0 Å². The number of benzene rings is 2. The fourth-order valence-corrected chi connectivity index (χ4v) is 2.75. The Morgan fingerprint density at radius 3 is 2.67 bits per heavy atom. The van der Waals surface area contributed by atoms with Crippen LogP contribution in [-0.2, 0) is 19.5 Å². The van der Waals surface area contributed by atoms with Crippen molar-refractivity contribution in [2.45, 2.75) is 19.5 Å². The van der Waals surface area contributed by atoms with Gasteiger partial charge in [0.15, 0.2) is 0 Å². The quantitative estimate of drug-likeness (QED) is 0.789. The molecule has 0 spiro atoms. The highest BCUT2D eigenvalue weighted by molar-refractivity contribution is 6.30. The monoisotopic (exact) mass is 257 g/mol. The van der Waals surface area contributed by atoms with E-state index < -0.39 is 0 Å². The molecule has 0 unspecified atom stereocenters. The van der Waals surface area contributed by atoms with Crippen molar-refractivity contribution in [1.29, 1.82) is 0 Å². The normalized spacial score (nSPS) is 15.4. The van der Waals surface area contributed by atoms with Crippen molar-refractivity contribution in [1.82, 2.24) is 4.90 Å². The van der Waals surface area contributed by atoms with E-state index in [9.17, 15) is 0 Å². The summed E-state index contributed by atoms with van der Waals surface area (Å²) in [5.41, 5.74) is 4.21. The van der Waals surface area contributed by atoms with Gasteiger partial charge in [-0.1, -0.05) is 48.0 Å². The predicted molar refractivity (Wildman–Crippen MR) is 75.7 cm³/mol. The van der Waals surface area contributed by atoms with E-state index >= 15 is 0 Å². The van der Waals surface area contributed by atoms with Crippen molar-refractivity contribution >= 4 is 11.6 Å². The molecule has 92 valence electrons. The molecule has 0 saturated heterocycles. The second kappa shape index (κ2) is 5.13. The summed E-state index contributed by atoms with van der Waals surface area (Å²) in [6, 6.07) is 16.9. The molecule has 2 aromatic carbocycles. The van der Waals surface area contributed by atoms with Crippen LogP contribution in [0.25, 0.3) is 0 Å². The molecule has 18 heavy (non-hydrogen) atoms. The van der Waals surface area contributed by atoms with E-state index in [4.69, 9.17) is 11.6 Å². The Bertz CT molecular complexity index is 536. The van der Waals surface area contributed by atoms with Crippen molar-refractivity contribution < 1.29 is 0 Å². The Hall–Kier alpha value is -1.31. The van der Waals surface area contributed by atoms with Gasteiger partial charge in [-0.05, 0) is 35.2 Å². The van der Waals surface area contributed by atoms with E-state index in [0.717, 1.165) is 31.1 Å². The van der Waals surface area contributed by atoms with Crippen molar-refractivity contribution in [3.63, 3.8) is 0 Å². The fraction of sp³-hybridized carbons (Fsp3) is 0.250. The summed E-state index contributed by atoms with van der Waals surface area (Å²) in [5.74, 6) is 0. The van der Waals surface area contributed by atoms with Gasteiger partial charge in [0.25, 0.3) is 0 Å². The standard InChI is InChI=1S/C16H16ClN/c17-16-7-6-15-12-18(9-8-14(15)10-16)11-13-4-2-1-3-5-13/h1-7,10H,8-9,11-12H2. The number of fused-ring (bicyclic) bond motifs is 1. The number of hydrogen-bond acceptors (Lipinski definition) is 1. The van der Waals surface area contributed by atoms with Gasteiger partial charge in [-0.3, -0.25) is 4.90 Å². The Morgan fingerprint density at radius 1 is 1.00 bits per heavy atom. The van der Waals surface area contributed by atoms with E-state index in [1.165, 1.54) is 16.7 Å². The van der Waals surface area contributed by atoms with Crippen LogP contribution >= 0.6 is 11.6 Å². The molecule has 0 amide bonds. The fourth-order valence-electron chi connectivity index (χ4n) is 2.56. The molecule has 0 aliphatic carbocycles. The van der Waals surface area contributed by atoms with Crippen LogP contribution in [-0.4, -0.2) is 11.4 Å². The lowest BCUT2D eigenvalue weighted by Crippen LogP contribution is -2.29. The van der Waals surface area contributed by atoms with Crippen molar-refractivity contribution in [3.8, 4) is 0 Å². The minimum Gasteiger partial charge on any atom is -0.294 e. The van der Waals surface area contributed by atoms with Crippen LogP contribution in [0.1, 0.15) is 16.7 Å². The highest BCUT2D eigenvalue weighted by atomic mass is 35.5. The zero-order chi connectivity index (χ0) is 12.4. The average Bonchev–Trinajstić information content (AvgIpc) is 2.40. The van der Waals surface area contributed by atoms with Gasteiger partial charge in [0, 0.05) is 24.7 Å². The smallest absolute Gasteiger partial charge is 0.0408 e. The first kappa shape index (κ1) is 11.8. The second-order valence-electron chi connectivity index (χ2n) is 4.86. The van der Waals surface area contributed by atoms with Gasteiger partial charge >= 0.3 is 0 Å². The largest absolute Gasteiger partial charge is 0.294 e. The Kier molecular flexibility index (Phi) is 3.35. The minimum absolute atomic E-state index is 0.852. The third-order valence-electron chi connectivity index (χ3n) is 3.51. The summed E-state index contributed by atoms with van der Waals surface area (Å²) in [6.45, 7) is 3.17. The lowest BCUT2D eigenvalue weighted by molar-refractivity contribution is 0.245. The van der Waals surface area contributed by atoms with E-state index in [1.54, 1.807) is 0 Å². The van der Waals surface area contributed by atoms with Crippen molar-refractivity contribution in [3.05, 3.63) is 70.2 Å². The summed E-state index contributed by atoms with van der Waals surface area (Å²) in [6.07, 6.45) is 1.10. The maximum absolute atomic E-state index is 6.03. The molecule has 3 rings (SSSR count). The van der Waals surface area contributed by atoms with Crippen LogP contribution in [0.5, 0.6) is 0 Å². The summed E-state index contributed by atoms with van der Waals surface area (Å²) in [7, 11) is 0. The zero-order valence-electron chi connectivity index (χ0n) is 10.3. The molecular formula is C16H16ClN. The molecule has 1 aliphatic rings. The number of hydrogen-bond donors (Lipinski definition) is 0. The summed E-state index contributed by atoms with van der Waals surface area (Å²) < 4.78 is 0. The molecule has 0 radical (unpaired) electrons. The first-order valence-electron chi connectivity index (χ1n) is 6.35. The molecule has 1 nitrogen and oxygen atoms in total. The maximum Gasteiger partial charge on any atom is 0.0408 e. The molecule has 2 aromatic rings. The van der Waals surface area contributed by atoms with E-state index in [-0.39, 0.29) is 0 Å². The number of rotatable bonds is 2. The highest BCUT2D eigenvalue weighted by Crippen LogP contribution is 2.23. The minimum atomic E-state index is 0.852. The van der Waals surface area contributed by atoms with Crippen LogP contribution in [0, 0.1) is 0 Å². The molecule has 2 heteroatoms. The Balaban J connectivity index is 1.73. The van der Waals surface area contributed by atoms with Crippen molar-refractivity contribution in [2.24, 2.45) is 0 Å². The molecule has 0 N–H and O–H groups in total. The van der Waals surface area contributed by atoms with Crippen molar-refractivity contribution in [2.75, 3.05) is 6.54 Å². The topological polar surface area (TPSA) is 3.24 Å². The summed E-state index contributed by atoms with van der Waals surface area (Å²) in [5, 5.41) is 0.852. The second-order valence-corrected chi connectivity index (χ2v) is 5.30. The zero-order valence-corrected chi connectivity index (χ0v) is 11.0. The predicted octanol–water partition coefficient (Wildman–Crippen LogP) is 3.90. The average molecular weight is 258 g/mol. The lowest BCUT2D eigenvalue weighted by Gasteiger charge is -2.28. The van der Waals surface area contributed by atoms with E-state index in [0.29, 0.717) is 0 Å². The van der Waals surface area contributed by atoms with Gasteiger partial charge < -0.3 is 0 Å². The van der Waals surface area contributed by atoms with Gasteiger partial charge in [0.2, 0.25) is 0 Å². The van der Waals surface area contributed by atoms with Gasteiger partial charge in [0.1, 0.15) is 0 Å². The molecule has 0 aromatic heterocycles. The Labute approximate surface area is 113 Å². The first-order chi connectivity index (χ1) is 8.81. The molecule has 0 fully saturated rings. The Morgan fingerprint density at radius 2 is 1.83 bits per heavy atom. The van der Waals surface area contributed by atoms with Crippen LogP contribution < -0.4 is 0 Å². The lowest BCUT2D eigenvalue weighted by atomic mass is 9.99. The van der Waals surface area contributed by atoms with Crippen LogP contribution in [0.4, 0.5) is 0 Å². The SMILES string of the molecule is Clc1ccc2c(c1)CCN(Cc1ccccc1)C2. The number of nitrogens with zero attached hydrogens (tertiary/aromatic N) is 1. The van der Waals surface area contributed by atoms with Crippen LogP contribution in [0.15, 0.2) is 48.5 Å². The third kappa shape index (κ3) is 2.58. The third-order valence-corrected chi connectivity index (χ3v) is 3.74. The van der Waals surface area contributed by atoms with E-state index in [1.807, 2.05) is 6.07 Å².